The summed E-state index contributed by atoms with van der Waals surface area (Å²) in [5.74, 6) is 2.32. The van der Waals surface area contributed by atoms with Gasteiger partial charge in [0.05, 0.1) is 0 Å². The molecule has 24 heavy (non-hydrogen) atoms. The van der Waals surface area contributed by atoms with E-state index in [9.17, 15) is 5.11 Å². The van der Waals surface area contributed by atoms with Gasteiger partial charge in [-0.1, -0.05) is 0 Å². The molecule has 2 heterocycles. The summed E-state index contributed by atoms with van der Waals surface area (Å²) < 4.78 is 27.7. The van der Waals surface area contributed by atoms with Crippen LogP contribution in [-0.4, -0.2) is 24.9 Å². The molecule has 2 unspecified atom stereocenters. The van der Waals surface area contributed by atoms with Gasteiger partial charge >= 0.3 is 0 Å². The van der Waals surface area contributed by atoms with Crippen molar-refractivity contribution in [1.29, 1.82) is 0 Å². The Morgan fingerprint density at radius 2 is 1.38 bits per heavy atom. The van der Waals surface area contributed by atoms with E-state index in [-0.39, 0.29) is 0 Å². The van der Waals surface area contributed by atoms with Gasteiger partial charge < -0.3 is 28.2 Å². The van der Waals surface area contributed by atoms with Crippen LogP contribution in [0.1, 0.15) is 56.0 Å². The summed E-state index contributed by atoms with van der Waals surface area (Å²) in [5.41, 5.74) is 0. The molecule has 6 nitrogen and oxygen atoms in total. The molecule has 0 spiro atoms. The minimum absolute atomic E-state index is 0.377. The fourth-order valence-corrected chi connectivity index (χ4v) is 2.32. The van der Waals surface area contributed by atoms with Gasteiger partial charge in [0.15, 0.2) is 0 Å². The fourth-order valence-electron chi connectivity index (χ4n) is 2.32. The van der Waals surface area contributed by atoms with Crippen LogP contribution in [0.2, 0.25) is 0 Å². The fraction of sp³-hybridized carbons (Fsp3) is 0.556. The zero-order valence-corrected chi connectivity index (χ0v) is 14.5. The van der Waals surface area contributed by atoms with Crippen LogP contribution < -0.4 is 0 Å². The zero-order valence-electron chi connectivity index (χ0n) is 14.5. The third-order valence-corrected chi connectivity index (χ3v) is 3.47. The van der Waals surface area contributed by atoms with Crippen LogP contribution in [0.3, 0.4) is 0 Å². The molecule has 0 aliphatic carbocycles. The van der Waals surface area contributed by atoms with Gasteiger partial charge in [0.1, 0.15) is 48.5 Å². The lowest BCUT2D eigenvalue weighted by Gasteiger charge is -2.19. The molecule has 0 radical (unpaired) electrons. The SMILES string of the molecule is CCOCc1ccc(C(O)C(OCC)c2ccc(COCC)o2)o1. The lowest BCUT2D eigenvalue weighted by atomic mass is 10.1. The van der Waals surface area contributed by atoms with Gasteiger partial charge in [-0.2, -0.15) is 0 Å². The van der Waals surface area contributed by atoms with Crippen molar-refractivity contribution in [3.63, 3.8) is 0 Å². The van der Waals surface area contributed by atoms with E-state index in [1.54, 1.807) is 18.2 Å². The molecule has 2 rings (SSSR count). The summed E-state index contributed by atoms with van der Waals surface area (Å²) in [6, 6.07) is 7.14. The van der Waals surface area contributed by atoms with Gasteiger partial charge in [-0.3, -0.25) is 0 Å². The van der Waals surface area contributed by atoms with E-state index in [4.69, 9.17) is 23.0 Å². The first-order chi connectivity index (χ1) is 11.7. The first-order valence-electron chi connectivity index (χ1n) is 8.31. The van der Waals surface area contributed by atoms with Crippen LogP contribution in [0.5, 0.6) is 0 Å². The van der Waals surface area contributed by atoms with Crippen LogP contribution in [0, 0.1) is 0 Å². The number of hydrogen-bond donors (Lipinski definition) is 1. The van der Waals surface area contributed by atoms with Gasteiger partial charge in [-0.25, -0.2) is 0 Å². The summed E-state index contributed by atoms with van der Waals surface area (Å²) in [6.45, 7) is 8.14. The number of hydrogen-bond acceptors (Lipinski definition) is 6. The summed E-state index contributed by atoms with van der Waals surface area (Å²) in [5, 5.41) is 10.6. The smallest absolute Gasteiger partial charge is 0.148 e. The van der Waals surface area contributed by atoms with Crippen LogP contribution in [0.15, 0.2) is 33.1 Å². The highest BCUT2D eigenvalue weighted by Gasteiger charge is 2.29. The Kier molecular flexibility index (Phi) is 7.52. The molecule has 0 amide bonds. The lowest BCUT2D eigenvalue weighted by Crippen LogP contribution is -2.13. The van der Waals surface area contributed by atoms with Crippen molar-refractivity contribution >= 4 is 0 Å². The van der Waals surface area contributed by atoms with Gasteiger partial charge in [-0.15, -0.1) is 0 Å². The number of ether oxygens (including phenoxy) is 3. The molecule has 2 aromatic heterocycles. The Balaban J connectivity index is 2.10. The van der Waals surface area contributed by atoms with Gasteiger partial charge in [-0.05, 0) is 45.0 Å². The van der Waals surface area contributed by atoms with E-state index < -0.39 is 12.2 Å². The van der Waals surface area contributed by atoms with Crippen molar-refractivity contribution in [1.82, 2.24) is 0 Å². The van der Waals surface area contributed by atoms with Crippen molar-refractivity contribution in [3.8, 4) is 0 Å². The molecule has 2 aromatic rings. The number of aliphatic hydroxyl groups is 1. The highest BCUT2D eigenvalue weighted by Crippen LogP contribution is 2.34. The van der Waals surface area contributed by atoms with E-state index in [0.29, 0.717) is 56.1 Å². The molecular weight excluding hydrogens is 312 g/mol. The quantitative estimate of drug-likeness (QED) is 0.672. The second-order valence-electron chi connectivity index (χ2n) is 5.20. The maximum Gasteiger partial charge on any atom is 0.148 e. The molecule has 0 aliphatic rings. The Morgan fingerprint density at radius 1 is 0.833 bits per heavy atom. The third kappa shape index (κ3) is 4.95. The molecule has 2 atom stereocenters. The van der Waals surface area contributed by atoms with Crippen molar-refractivity contribution in [2.24, 2.45) is 0 Å². The number of rotatable bonds is 11. The Hall–Kier alpha value is -1.60. The maximum absolute atomic E-state index is 10.6. The third-order valence-electron chi connectivity index (χ3n) is 3.47. The predicted octanol–water partition coefficient (Wildman–Crippen LogP) is 3.76. The second kappa shape index (κ2) is 9.64. The minimum Gasteiger partial charge on any atom is -0.461 e. The molecule has 0 saturated heterocycles. The second-order valence-corrected chi connectivity index (χ2v) is 5.20. The highest BCUT2D eigenvalue weighted by molar-refractivity contribution is 5.16. The average molecular weight is 338 g/mol. The molecule has 0 aromatic carbocycles. The van der Waals surface area contributed by atoms with Gasteiger partial charge in [0.2, 0.25) is 0 Å². The summed E-state index contributed by atoms with van der Waals surface area (Å²) in [7, 11) is 0. The van der Waals surface area contributed by atoms with E-state index in [1.165, 1.54) is 0 Å². The molecule has 134 valence electrons. The molecule has 1 N–H and O–H groups in total. The van der Waals surface area contributed by atoms with E-state index in [1.807, 2.05) is 26.8 Å². The first-order valence-corrected chi connectivity index (χ1v) is 8.31. The molecule has 0 bridgehead atoms. The van der Waals surface area contributed by atoms with Gasteiger partial charge in [0, 0.05) is 19.8 Å². The lowest BCUT2D eigenvalue weighted by molar-refractivity contribution is -0.0572. The maximum atomic E-state index is 10.6. The van der Waals surface area contributed by atoms with Crippen LogP contribution in [-0.2, 0) is 27.4 Å². The van der Waals surface area contributed by atoms with Crippen molar-refractivity contribution < 1.29 is 28.2 Å². The molecule has 0 aliphatic heterocycles. The topological polar surface area (TPSA) is 74.2 Å². The largest absolute Gasteiger partial charge is 0.461 e. The summed E-state index contributed by atoms with van der Waals surface area (Å²) in [6.07, 6.45) is -1.61. The molecule has 0 saturated carbocycles. The van der Waals surface area contributed by atoms with Crippen molar-refractivity contribution in [3.05, 3.63) is 47.3 Å². The molecule has 0 fully saturated rings. The average Bonchev–Trinajstić information content (AvgIpc) is 3.24. The predicted molar refractivity (Wildman–Crippen MR) is 87.4 cm³/mol. The molecular formula is C18H26O6. The number of aliphatic hydroxyl groups excluding tert-OH is 1. The normalized spacial score (nSPS) is 14.0. The van der Waals surface area contributed by atoms with E-state index >= 15 is 0 Å². The van der Waals surface area contributed by atoms with Crippen molar-refractivity contribution in [2.75, 3.05) is 19.8 Å². The van der Waals surface area contributed by atoms with Gasteiger partial charge in [0.25, 0.3) is 0 Å². The standard InChI is InChI=1S/C18H26O6/c1-4-20-11-13-7-9-15(23-13)17(19)18(22-6-3)16-10-8-14(24-16)12-21-5-2/h7-10,17-19H,4-6,11-12H2,1-3H3. The monoisotopic (exact) mass is 338 g/mol. The van der Waals surface area contributed by atoms with E-state index in [0.717, 1.165) is 0 Å². The first kappa shape index (κ1) is 18.7. The Labute approximate surface area is 142 Å². The highest BCUT2D eigenvalue weighted by atomic mass is 16.5. The summed E-state index contributed by atoms with van der Waals surface area (Å²) in [4.78, 5) is 0. The van der Waals surface area contributed by atoms with Crippen molar-refractivity contribution in [2.45, 2.75) is 46.2 Å². The minimum atomic E-state index is -0.966. The van der Waals surface area contributed by atoms with Crippen LogP contribution >= 0.6 is 0 Å². The molecule has 6 heteroatoms. The zero-order chi connectivity index (χ0) is 17.4. The van der Waals surface area contributed by atoms with Crippen LogP contribution in [0.25, 0.3) is 0 Å². The van der Waals surface area contributed by atoms with E-state index in [2.05, 4.69) is 0 Å². The number of furan rings is 2. The summed E-state index contributed by atoms with van der Waals surface area (Å²) >= 11 is 0. The van der Waals surface area contributed by atoms with Crippen LogP contribution in [0.4, 0.5) is 0 Å². The Morgan fingerprint density at radius 3 is 1.92 bits per heavy atom. The Bertz CT molecular complexity index is 588.